The summed E-state index contributed by atoms with van der Waals surface area (Å²) in [4.78, 5) is 0. The number of phenols is 1. The summed E-state index contributed by atoms with van der Waals surface area (Å²) in [6.45, 7) is 2.83. The van der Waals surface area contributed by atoms with Gasteiger partial charge >= 0.3 is 6.18 Å². The Balaban J connectivity index is 2.69. The molecule has 0 spiro atoms. The minimum atomic E-state index is -4.51. The summed E-state index contributed by atoms with van der Waals surface area (Å²) in [5.74, 6) is 0.0827. The van der Waals surface area contributed by atoms with E-state index in [0.29, 0.717) is 16.7 Å². The molecule has 0 saturated carbocycles. The molecule has 0 atom stereocenters. The molecule has 0 aliphatic carbocycles. The first-order valence-corrected chi connectivity index (χ1v) is 6.35. The molecule has 112 valence electrons. The molecule has 0 amide bonds. The number of hydrogen-bond donors (Lipinski definition) is 2. The van der Waals surface area contributed by atoms with E-state index in [2.05, 4.69) is 0 Å². The fourth-order valence-electron chi connectivity index (χ4n) is 2.29. The number of alkyl halides is 3. The lowest BCUT2D eigenvalue weighted by molar-refractivity contribution is -0.137. The fourth-order valence-corrected chi connectivity index (χ4v) is 2.29. The highest BCUT2D eigenvalue weighted by Crippen LogP contribution is 2.39. The normalized spacial score (nSPS) is 11.7. The van der Waals surface area contributed by atoms with Gasteiger partial charge in [-0.25, -0.2) is 0 Å². The zero-order chi connectivity index (χ0) is 15.8. The lowest BCUT2D eigenvalue weighted by Gasteiger charge is -2.16. The molecule has 5 heteroatoms. The van der Waals surface area contributed by atoms with Gasteiger partial charge in [-0.3, -0.25) is 0 Å². The van der Waals surface area contributed by atoms with Crippen LogP contribution >= 0.6 is 0 Å². The largest absolute Gasteiger partial charge is 0.507 e. The number of phenolic OH excluding ortho intramolecular Hbond substituents is 1. The number of aromatic hydroxyl groups is 1. The third-order valence-electron chi connectivity index (χ3n) is 3.37. The maximum atomic E-state index is 13.2. The van der Waals surface area contributed by atoms with Crippen molar-refractivity contribution in [3.8, 4) is 16.9 Å². The molecule has 2 rings (SSSR count). The number of aliphatic hydroxyl groups excluding tert-OH is 1. The third kappa shape index (κ3) is 3.03. The van der Waals surface area contributed by atoms with Crippen molar-refractivity contribution in [3.05, 3.63) is 52.6 Å². The average Bonchev–Trinajstić information content (AvgIpc) is 2.42. The Labute approximate surface area is 120 Å². The van der Waals surface area contributed by atoms with Crippen LogP contribution in [0.3, 0.4) is 0 Å². The van der Waals surface area contributed by atoms with E-state index in [4.69, 9.17) is 5.11 Å². The standard InChI is InChI=1S/C16H15F3O2/c1-9-5-12(6-10(2)15(9)21)13-4-3-11(8-20)7-14(13)16(17,18)19/h3-7,20-21H,8H2,1-2H3. The number of aliphatic hydroxyl groups is 1. The topological polar surface area (TPSA) is 40.5 Å². The van der Waals surface area contributed by atoms with Gasteiger partial charge in [0.15, 0.2) is 0 Å². The van der Waals surface area contributed by atoms with Gasteiger partial charge in [0.05, 0.1) is 12.2 Å². The number of aryl methyl sites for hydroxylation is 2. The quantitative estimate of drug-likeness (QED) is 0.872. The molecule has 0 aliphatic rings. The molecule has 0 aliphatic heterocycles. The maximum absolute atomic E-state index is 13.2. The Morgan fingerprint density at radius 2 is 1.57 bits per heavy atom. The van der Waals surface area contributed by atoms with Gasteiger partial charge in [0.2, 0.25) is 0 Å². The van der Waals surface area contributed by atoms with Crippen LogP contribution in [0.4, 0.5) is 13.2 Å². The molecule has 2 nitrogen and oxygen atoms in total. The molecule has 0 aromatic heterocycles. The van der Waals surface area contributed by atoms with E-state index in [1.807, 2.05) is 0 Å². The van der Waals surface area contributed by atoms with Crippen LogP contribution in [0.1, 0.15) is 22.3 Å². The molecule has 2 aromatic carbocycles. The van der Waals surface area contributed by atoms with E-state index in [-0.39, 0.29) is 16.9 Å². The van der Waals surface area contributed by atoms with Gasteiger partial charge in [0.1, 0.15) is 5.75 Å². The molecular weight excluding hydrogens is 281 g/mol. The lowest BCUT2D eigenvalue weighted by Crippen LogP contribution is -2.08. The molecule has 0 heterocycles. The van der Waals surface area contributed by atoms with Crippen molar-refractivity contribution in [1.82, 2.24) is 0 Å². The smallest absolute Gasteiger partial charge is 0.417 e. The van der Waals surface area contributed by atoms with Crippen LogP contribution in [0.25, 0.3) is 11.1 Å². The Kier molecular flexibility index (Phi) is 3.96. The molecule has 2 aromatic rings. The van der Waals surface area contributed by atoms with Crippen LogP contribution < -0.4 is 0 Å². The second-order valence-corrected chi connectivity index (χ2v) is 4.99. The zero-order valence-corrected chi connectivity index (χ0v) is 11.6. The van der Waals surface area contributed by atoms with Gasteiger partial charge in [-0.15, -0.1) is 0 Å². The lowest BCUT2D eigenvalue weighted by atomic mass is 9.94. The van der Waals surface area contributed by atoms with Crippen molar-refractivity contribution >= 4 is 0 Å². The second kappa shape index (κ2) is 5.41. The summed E-state index contributed by atoms with van der Waals surface area (Å²) in [5.41, 5.74) is 0.871. The molecule has 2 N–H and O–H groups in total. The zero-order valence-electron chi connectivity index (χ0n) is 11.6. The van der Waals surface area contributed by atoms with Gasteiger partial charge in [-0.05, 0) is 59.9 Å². The van der Waals surface area contributed by atoms with Crippen LogP contribution in [0.5, 0.6) is 5.75 Å². The first kappa shape index (κ1) is 15.4. The van der Waals surface area contributed by atoms with Crippen molar-refractivity contribution in [2.45, 2.75) is 26.6 Å². The summed E-state index contributed by atoms with van der Waals surface area (Å²) in [6, 6.07) is 6.80. The van der Waals surface area contributed by atoms with Crippen LogP contribution in [0.2, 0.25) is 0 Å². The van der Waals surface area contributed by atoms with Crippen molar-refractivity contribution in [3.63, 3.8) is 0 Å². The summed E-state index contributed by atoms with van der Waals surface area (Å²) >= 11 is 0. The Morgan fingerprint density at radius 3 is 2.05 bits per heavy atom. The van der Waals surface area contributed by atoms with E-state index in [1.54, 1.807) is 13.8 Å². The molecule has 0 bridgehead atoms. The monoisotopic (exact) mass is 296 g/mol. The van der Waals surface area contributed by atoms with E-state index in [0.717, 1.165) is 6.07 Å². The van der Waals surface area contributed by atoms with Gasteiger partial charge in [-0.1, -0.05) is 12.1 Å². The second-order valence-electron chi connectivity index (χ2n) is 4.99. The highest BCUT2D eigenvalue weighted by molar-refractivity contribution is 5.71. The van der Waals surface area contributed by atoms with Crippen molar-refractivity contribution in [2.24, 2.45) is 0 Å². The van der Waals surface area contributed by atoms with Gasteiger partial charge in [0, 0.05) is 0 Å². The molecule has 0 fully saturated rings. The number of hydrogen-bond acceptors (Lipinski definition) is 2. The van der Waals surface area contributed by atoms with Crippen molar-refractivity contribution < 1.29 is 23.4 Å². The van der Waals surface area contributed by atoms with Crippen LogP contribution in [-0.2, 0) is 12.8 Å². The molecule has 0 unspecified atom stereocenters. The summed E-state index contributed by atoms with van der Waals surface area (Å²) in [6.07, 6.45) is -4.51. The van der Waals surface area contributed by atoms with Crippen LogP contribution in [0.15, 0.2) is 30.3 Å². The van der Waals surface area contributed by atoms with E-state index < -0.39 is 18.3 Å². The molecular formula is C16H15F3O2. The van der Waals surface area contributed by atoms with Crippen LogP contribution in [0, 0.1) is 13.8 Å². The SMILES string of the molecule is Cc1cc(-c2ccc(CO)cc2C(F)(F)F)cc(C)c1O. The number of halogens is 3. The molecule has 21 heavy (non-hydrogen) atoms. The summed E-state index contributed by atoms with van der Waals surface area (Å²) in [7, 11) is 0. The highest BCUT2D eigenvalue weighted by atomic mass is 19.4. The van der Waals surface area contributed by atoms with Crippen LogP contribution in [-0.4, -0.2) is 10.2 Å². The number of rotatable bonds is 2. The van der Waals surface area contributed by atoms with Gasteiger partial charge in [-0.2, -0.15) is 13.2 Å². The van der Waals surface area contributed by atoms with E-state index in [9.17, 15) is 18.3 Å². The first-order valence-electron chi connectivity index (χ1n) is 6.35. The number of benzene rings is 2. The van der Waals surface area contributed by atoms with Gasteiger partial charge in [0.25, 0.3) is 0 Å². The predicted molar refractivity (Wildman–Crippen MR) is 73.9 cm³/mol. The van der Waals surface area contributed by atoms with Crippen molar-refractivity contribution in [2.75, 3.05) is 0 Å². The van der Waals surface area contributed by atoms with Crippen molar-refractivity contribution in [1.29, 1.82) is 0 Å². The van der Waals surface area contributed by atoms with Gasteiger partial charge < -0.3 is 10.2 Å². The van der Waals surface area contributed by atoms with E-state index >= 15 is 0 Å². The maximum Gasteiger partial charge on any atom is 0.417 e. The highest BCUT2D eigenvalue weighted by Gasteiger charge is 2.34. The Morgan fingerprint density at radius 1 is 1.00 bits per heavy atom. The minimum absolute atomic E-state index is 0.0332. The Bertz CT molecular complexity index is 653. The average molecular weight is 296 g/mol. The summed E-state index contributed by atoms with van der Waals surface area (Å²) < 4.78 is 39.6. The fraction of sp³-hybridized carbons (Fsp3) is 0.250. The minimum Gasteiger partial charge on any atom is -0.507 e. The summed E-state index contributed by atoms with van der Waals surface area (Å²) in [5, 5.41) is 18.7. The first-order chi connectivity index (χ1) is 9.74. The Hall–Kier alpha value is -2.01. The predicted octanol–water partition coefficient (Wildman–Crippen LogP) is 4.19. The van der Waals surface area contributed by atoms with E-state index in [1.165, 1.54) is 24.3 Å². The third-order valence-corrected chi connectivity index (χ3v) is 3.37. The molecule has 0 radical (unpaired) electrons. The molecule has 0 saturated heterocycles.